The summed E-state index contributed by atoms with van der Waals surface area (Å²) in [7, 11) is 0. The highest BCUT2D eigenvalue weighted by Crippen LogP contribution is 1.96. The van der Waals surface area contributed by atoms with E-state index in [2.05, 4.69) is 21.3 Å². The molecule has 18 heavy (non-hydrogen) atoms. The molecule has 0 N–H and O–H groups in total. The van der Waals surface area contributed by atoms with Crippen LogP contribution in [0.4, 0.5) is 4.79 Å². The van der Waals surface area contributed by atoms with Gasteiger partial charge in [0.15, 0.2) is 0 Å². The zero-order valence-electron chi connectivity index (χ0n) is 10.3. The predicted molar refractivity (Wildman–Crippen MR) is 65.6 cm³/mol. The highest BCUT2D eigenvalue weighted by molar-refractivity contribution is 5.95. The Morgan fingerprint density at radius 3 is 2.50 bits per heavy atom. The molecule has 0 aliphatic carbocycles. The Morgan fingerprint density at radius 1 is 1.22 bits per heavy atom. The Hall–Kier alpha value is -2.28. The molecule has 1 aromatic rings. The fourth-order valence-electron chi connectivity index (χ4n) is 1.01. The number of hydrogen-bond acceptors (Lipinski definition) is 4. The number of carbonyl (C=O) groups excluding carboxylic acids is 2. The smallest absolute Gasteiger partial charge is 0.434 e. The molecule has 0 unspecified atom stereocenters. The van der Waals surface area contributed by atoms with Gasteiger partial charge < -0.3 is 9.47 Å². The predicted octanol–water partition coefficient (Wildman–Crippen LogP) is 2.37. The van der Waals surface area contributed by atoms with Crippen molar-refractivity contribution in [1.82, 2.24) is 0 Å². The minimum atomic E-state index is -1.02. The Labute approximate surface area is 106 Å². The third-order valence-corrected chi connectivity index (χ3v) is 1.79. The third kappa shape index (κ3) is 5.71. The molecule has 4 nitrogen and oxygen atoms in total. The number of benzene rings is 1. The van der Waals surface area contributed by atoms with Crippen molar-refractivity contribution in [2.24, 2.45) is 5.92 Å². The van der Waals surface area contributed by atoms with E-state index in [1.165, 1.54) is 0 Å². The largest absolute Gasteiger partial charge is 0.516 e. The summed E-state index contributed by atoms with van der Waals surface area (Å²) in [5.74, 6) is 4.05. The van der Waals surface area contributed by atoms with E-state index in [1.807, 2.05) is 19.9 Å². The Kier molecular flexibility index (Phi) is 5.46. The van der Waals surface area contributed by atoms with E-state index in [-0.39, 0.29) is 12.5 Å². The van der Waals surface area contributed by atoms with Crippen LogP contribution in [-0.2, 0) is 14.3 Å². The summed E-state index contributed by atoms with van der Waals surface area (Å²) in [6.07, 6.45) is -1.02. The molecule has 0 atom stereocenters. The molecule has 0 saturated heterocycles. The molecule has 0 spiro atoms. The molecule has 0 aromatic heterocycles. The van der Waals surface area contributed by atoms with E-state index in [0.717, 1.165) is 0 Å². The number of carbonyl (C=O) groups is 2. The van der Waals surface area contributed by atoms with Gasteiger partial charge in [0.1, 0.15) is 0 Å². The summed E-state index contributed by atoms with van der Waals surface area (Å²) < 4.78 is 9.03. The van der Waals surface area contributed by atoms with Gasteiger partial charge in [-0.1, -0.05) is 38.0 Å². The monoisotopic (exact) mass is 246 g/mol. The topological polar surface area (TPSA) is 52.6 Å². The summed E-state index contributed by atoms with van der Waals surface area (Å²) in [6.45, 7) is 3.97. The standard InChI is InChI=1S/C14H14O4/c1-11(2)10-17-14(16)18-13(15)9-8-12-6-4-3-5-7-12/h3-7,11H,10H2,1-2H3. The van der Waals surface area contributed by atoms with Crippen LogP contribution in [-0.4, -0.2) is 18.7 Å². The van der Waals surface area contributed by atoms with Crippen LogP contribution in [0.25, 0.3) is 0 Å². The summed E-state index contributed by atoms with van der Waals surface area (Å²) in [6, 6.07) is 8.93. The van der Waals surface area contributed by atoms with Crippen molar-refractivity contribution in [1.29, 1.82) is 0 Å². The fourth-order valence-corrected chi connectivity index (χ4v) is 1.01. The summed E-state index contributed by atoms with van der Waals surface area (Å²) in [5, 5.41) is 0. The average molecular weight is 246 g/mol. The van der Waals surface area contributed by atoms with Gasteiger partial charge in [0.25, 0.3) is 0 Å². The van der Waals surface area contributed by atoms with Crippen LogP contribution in [0.3, 0.4) is 0 Å². The molecule has 0 bridgehead atoms. The van der Waals surface area contributed by atoms with Crippen molar-refractivity contribution in [3.05, 3.63) is 35.9 Å². The molecule has 1 aromatic carbocycles. The number of rotatable bonds is 2. The van der Waals surface area contributed by atoms with Crippen LogP contribution in [0.5, 0.6) is 0 Å². The first kappa shape index (κ1) is 13.8. The van der Waals surface area contributed by atoms with Gasteiger partial charge >= 0.3 is 12.1 Å². The molecule has 94 valence electrons. The second kappa shape index (κ2) is 7.13. The van der Waals surface area contributed by atoms with E-state index in [0.29, 0.717) is 5.56 Å². The zero-order chi connectivity index (χ0) is 13.4. The Bertz CT molecular complexity index is 466. The number of hydrogen-bond donors (Lipinski definition) is 0. The molecule has 0 aliphatic heterocycles. The first-order chi connectivity index (χ1) is 8.58. The molecule has 0 fully saturated rings. The van der Waals surface area contributed by atoms with Gasteiger partial charge in [0, 0.05) is 11.5 Å². The van der Waals surface area contributed by atoms with Crippen molar-refractivity contribution >= 4 is 12.1 Å². The summed E-state index contributed by atoms with van der Waals surface area (Å²) in [4.78, 5) is 22.2. The van der Waals surface area contributed by atoms with Crippen LogP contribution in [0.15, 0.2) is 30.3 Å². The Morgan fingerprint density at radius 2 is 1.89 bits per heavy atom. The van der Waals surface area contributed by atoms with Crippen molar-refractivity contribution in [3.63, 3.8) is 0 Å². The summed E-state index contributed by atoms with van der Waals surface area (Å²) >= 11 is 0. The molecule has 0 aliphatic rings. The van der Waals surface area contributed by atoms with Crippen LogP contribution < -0.4 is 0 Å². The molecule has 0 amide bonds. The SMILES string of the molecule is CC(C)COC(=O)OC(=O)C#Cc1ccccc1. The van der Waals surface area contributed by atoms with Gasteiger partial charge in [-0.25, -0.2) is 9.59 Å². The number of esters is 1. The molecule has 4 heteroatoms. The second-order valence-corrected chi connectivity index (χ2v) is 3.96. The fraction of sp³-hybridized carbons (Fsp3) is 0.286. The highest BCUT2D eigenvalue weighted by atomic mass is 16.7. The normalized spacial score (nSPS) is 9.28. The lowest BCUT2D eigenvalue weighted by atomic mass is 10.2. The quantitative estimate of drug-likeness (QED) is 0.456. The first-order valence-corrected chi connectivity index (χ1v) is 5.53. The summed E-state index contributed by atoms with van der Waals surface area (Å²) in [5.41, 5.74) is 0.671. The van der Waals surface area contributed by atoms with Crippen LogP contribution in [0, 0.1) is 17.8 Å². The van der Waals surface area contributed by atoms with Crippen molar-refractivity contribution < 1.29 is 19.1 Å². The minimum absolute atomic E-state index is 0.183. The van der Waals surface area contributed by atoms with Gasteiger partial charge in [0.2, 0.25) is 0 Å². The van der Waals surface area contributed by atoms with Crippen LogP contribution >= 0.6 is 0 Å². The zero-order valence-corrected chi connectivity index (χ0v) is 10.3. The van der Waals surface area contributed by atoms with E-state index in [9.17, 15) is 9.59 Å². The third-order valence-electron chi connectivity index (χ3n) is 1.79. The maximum Gasteiger partial charge on any atom is 0.516 e. The molecule has 0 saturated carbocycles. The van der Waals surface area contributed by atoms with E-state index >= 15 is 0 Å². The van der Waals surface area contributed by atoms with E-state index < -0.39 is 12.1 Å². The first-order valence-electron chi connectivity index (χ1n) is 5.53. The van der Waals surface area contributed by atoms with Gasteiger partial charge in [0.05, 0.1) is 6.61 Å². The van der Waals surface area contributed by atoms with Crippen molar-refractivity contribution in [2.75, 3.05) is 6.61 Å². The van der Waals surface area contributed by atoms with Crippen molar-refractivity contribution in [3.8, 4) is 11.8 Å². The van der Waals surface area contributed by atoms with Crippen LogP contribution in [0.1, 0.15) is 19.4 Å². The van der Waals surface area contributed by atoms with Crippen molar-refractivity contribution in [2.45, 2.75) is 13.8 Å². The molecular formula is C14H14O4. The van der Waals surface area contributed by atoms with Gasteiger partial charge in [-0.3, -0.25) is 0 Å². The lowest BCUT2D eigenvalue weighted by molar-refractivity contribution is -0.133. The van der Waals surface area contributed by atoms with Gasteiger partial charge in [-0.05, 0) is 18.1 Å². The molecule has 0 heterocycles. The lowest BCUT2D eigenvalue weighted by Crippen LogP contribution is -2.15. The minimum Gasteiger partial charge on any atom is -0.434 e. The average Bonchev–Trinajstić information content (AvgIpc) is 2.35. The molecule has 0 radical (unpaired) electrons. The van der Waals surface area contributed by atoms with Gasteiger partial charge in [-0.15, -0.1) is 0 Å². The lowest BCUT2D eigenvalue weighted by Gasteiger charge is -2.04. The number of ether oxygens (including phenoxy) is 2. The second-order valence-electron chi connectivity index (χ2n) is 3.96. The van der Waals surface area contributed by atoms with Gasteiger partial charge in [-0.2, -0.15) is 0 Å². The maximum atomic E-state index is 11.2. The van der Waals surface area contributed by atoms with E-state index in [4.69, 9.17) is 0 Å². The maximum absolute atomic E-state index is 11.2. The van der Waals surface area contributed by atoms with E-state index in [1.54, 1.807) is 24.3 Å². The molecular weight excluding hydrogens is 232 g/mol. The Balaban J connectivity index is 2.43. The highest BCUT2D eigenvalue weighted by Gasteiger charge is 2.09. The molecule has 1 rings (SSSR count). The van der Waals surface area contributed by atoms with Crippen LogP contribution in [0.2, 0.25) is 0 Å².